The molecule has 0 nitrogen and oxygen atoms in total. The third kappa shape index (κ3) is 2.20. The van der Waals surface area contributed by atoms with Gasteiger partial charge in [0.2, 0.25) is 0 Å². The van der Waals surface area contributed by atoms with E-state index >= 15 is 0 Å². The van der Waals surface area contributed by atoms with Crippen LogP contribution in [0.1, 0.15) is 44.2 Å². The van der Waals surface area contributed by atoms with E-state index in [0.717, 1.165) is 0 Å². The summed E-state index contributed by atoms with van der Waals surface area (Å²) in [5, 5.41) is 0. The summed E-state index contributed by atoms with van der Waals surface area (Å²) in [4.78, 5) is 0. The largest absolute Gasteiger partial charge is 0.0622 e. The first-order valence-corrected chi connectivity index (χ1v) is 7.24. The van der Waals surface area contributed by atoms with Crippen LogP contribution in [0, 0.1) is 5.41 Å². The molecular formula is C19H22. The van der Waals surface area contributed by atoms with Crippen LogP contribution in [-0.2, 0) is 5.41 Å². The van der Waals surface area contributed by atoms with E-state index in [1.807, 2.05) is 0 Å². The zero-order valence-corrected chi connectivity index (χ0v) is 11.9. The molecule has 0 heterocycles. The lowest BCUT2D eigenvalue weighted by atomic mass is 9.71. The van der Waals surface area contributed by atoms with Crippen molar-refractivity contribution in [3.63, 3.8) is 0 Å². The lowest BCUT2D eigenvalue weighted by Gasteiger charge is -2.32. The highest BCUT2D eigenvalue weighted by Crippen LogP contribution is 2.53. The third-order valence-electron chi connectivity index (χ3n) is 4.66. The highest BCUT2D eigenvalue weighted by atomic mass is 14.5. The summed E-state index contributed by atoms with van der Waals surface area (Å²) in [6.07, 6.45) is 3.80. The molecule has 3 rings (SSSR count). The maximum Gasteiger partial charge on any atom is 0.0208 e. The molecule has 0 aliphatic heterocycles. The summed E-state index contributed by atoms with van der Waals surface area (Å²) in [7, 11) is 0. The molecule has 1 aliphatic carbocycles. The van der Waals surface area contributed by atoms with Crippen molar-refractivity contribution in [1.29, 1.82) is 0 Å². The molecule has 1 fully saturated rings. The standard InChI is InChI=1S/C19H22/c1-18(2)13-14-19(15-18,16-9-5-3-6-10-16)17-11-7-4-8-12-17/h3-12H,13-15H2,1-2H3. The molecule has 0 unspecified atom stereocenters. The Kier molecular flexibility index (Phi) is 2.97. The zero-order chi connectivity index (χ0) is 13.3. The van der Waals surface area contributed by atoms with Crippen molar-refractivity contribution in [3.8, 4) is 0 Å². The van der Waals surface area contributed by atoms with Gasteiger partial charge in [0.15, 0.2) is 0 Å². The molecule has 0 N–H and O–H groups in total. The Bertz CT molecular complexity index is 497. The Balaban J connectivity index is 2.13. The average molecular weight is 250 g/mol. The Morgan fingerprint density at radius 1 is 0.684 bits per heavy atom. The van der Waals surface area contributed by atoms with Gasteiger partial charge in [-0.1, -0.05) is 74.5 Å². The minimum Gasteiger partial charge on any atom is -0.0622 e. The van der Waals surface area contributed by atoms with E-state index in [1.54, 1.807) is 0 Å². The van der Waals surface area contributed by atoms with Crippen LogP contribution in [0.25, 0.3) is 0 Å². The first-order chi connectivity index (χ1) is 9.12. The van der Waals surface area contributed by atoms with Crippen LogP contribution in [0.3, 0.4) is 0 Å². The van der Waals surface area contributed by atoms with Crippen LogP contribution < -0.4 is 0 Å². The van der Waals surface area contributed by atoms with Gasteiger partial charge in [0, 0.05) is 5.41 Å². The molecule has 2 aromatic rings. The summed E-state index contributed by atoms with van der Waals surface area (Å²) in [5.74, 6) is 0. The van der Waals surface area contributed by atoms with E-state index in [1.165, 1.54) is 30.4 Å². The van der Waals surface area contributed by atoms with Gasteiger partial charge in [-0.15, -0.1) is 0 Å². The van der Waals surface area contributed by atoms with Crippen molar-refractivity contribution in [2.24, 2.45) is 5.41 Å². The molecule has 98 valence electrons. The van der Waals surface area contributed by atoms with Gasteiger partial charge in [0.1, 0.15) is 0 Å². The van der Waals surface area contributed by atoms with Gasteiger partial charge < -0.3 is 0 Å². The molecule has 0 atom stereocenters. The van der Waals surface area contributed by atoms with E-state index in [9.17, 15) is 0 Å². The van der Waals surface area contributed by atoms with Crippen LogP contribution in [0.5, 0.6) is 0 Å². The normalized spacial score (nSPS) is 20.3. The third-order valence-corrected chi connectivity index (χ3v) is 4.66. The summed E-state index contributed by atoms with van der Waals surface area (Å²) < 4.78 is 0. The van der Waals surface area contributed by atoms with Gasteiger partial charge in [0.05, 0.1) is 0 Å². The first kappa shape index (κ1) is 12.5. The number of benzene rings is 2. The predicted octanol–water partition coefficient (Wildman–Crippen LogP) is 5.18. The Morgan fingerprint density at radius 2 is 1.16 bits per heavy atom. The van der Waals surface area contributed by atoms with Gasteiger partial charge in [-0.2, -0.15) is 0 Å². The Hall–Kier alpha value is -1.56. The van der Waals surface area contributed by atoms with Crippen molar-refractivity contribution in [3.05, 3.63) is 71.8 Å². The quantitative estimate of drug-likeness (QED) is 0.688. The SMILES string of the molecule is CC1(C)CCC(c2ccccc2)(c2ccccc2)C1. The van der Waals surface area contributed by atoms with E-state index in [0.29, 0.717) is 5.41 Å². The smallest absolute Gasteiger partial charge is 0.0208 e. The second-order valence-electron chi connectivity index (χ2n) is 6.66. The molecule has 0 bridgehead atoms. The van der Waals surface area contributed by atoms with E-state index in [4.69, 9.17) is 0 Å². The Labute approximate surface area is 116 Å². The second kappa shape index (κ2) is 4.52. The van der Waals surface area contributed by atoms with Crippen molar-refractivity contribution in [2.45, 2.75) is 38.5 Å². The number of hydrogen-bond acceptors (Lipinski definition) is 0. The summed E-state index contributed by atoms with van der Waals surface area (Å²) in [5.41, 5.74) is 3.61. The van der Waals surface area contributed by atoms with Crippen molar-refractivity contribution >= 4 is 0 Å². The molecule has 2 aromatic carbocycles. The molecule has 1 saturated carbocycles. The van der Waals surface area contributed by atoms with E-state index in [2.05, 4.69) is 74.5 Å². The van der Waals surface area contributed by atoms with Crippen LogP contribution >= 0.6 is 0 Å². The summed E-state index contributed by atoms with van der Waals surface area (Å²) in [6, 6.07) is 22.1. The predicted molar refractivity (Wildman–Crippen MR) is 81.3 cm³/mol. The van der Waals surface area contributed by atoms with Crippen molar-refractivity contribution < 1.29 is 0 Å². The molecule has 0 aromatic heterocycles. The summed E-state index contributed by atoms with van der Waals surface area (Å²) >= 11 is 0. The zero-order valence-electron chi connectivity index (χ0n) is 11.9. The highest BCUT2D eigenvalue weighted by Gasteiger charge is 2.45. The minimum absolute atomic E-state index is 0.214. The Morgan fingerprint density at radius 3 is 1.53 bits per heavy atom. The van der Waals surface area contributed by atoms with Crippen molar-refractivity contribution in [1.82, 2.24) is 0 Å². The molecule has 0 amide bonds. The molecular weight excluding hydrogens is 228 g/mol. The lowest BCUT2D eigenvalue weighted by molar-refractivity contribution is 0.357. The van der Waals surface area contributed by atoms with Crippen LogP contribution in [0.15, 0.2) is 60.7 Å². The van der Waals surface area contributed by atoms with Crippen LogP contribution in [-0.4, -0.2) is 0 Å². The van der Waals surface area contributed by atoms with E-state index in [-0.39, 0.29) is 5.41 Å². The van der Waals surface area contributed by atoms with Crippen LogP contribution in [0.4, 0.5) is 0 Å². The van der Waals surface area contributed by atoms with Crippen molar-refractivity contribution in [2.75, 3.05) is 0 Å². The molecule has 0 saturated heterocycles. The monoisotopic (exact) mass is 250 g/mol. The molecule has 0 heteroatoms. The fourth-order valence-electron chi connectivity index (χ4n) is 3.72. The van der Waals surface area contributed by atoms with Gasteiger partial charge in [-0.3, -0.25) is 0 Å². The second-order valence-corrected chi connectivity index (χ2v) is 6.66. The van der Waals surface area contributed by atoms with Crippen LogP contribution in [0.2, 0.25) is 0 Å². The summed E-state index contributed by atoms with van der Waals surface area (Å²) in [6.45, 7) is 4.81. The number of rotatable bonds is 2. The number of hydrogen-bond donors (Lipinski definition) is 0. The highest BCUT2D eigenvalue weighted by molar-refractivity contribution is 5.41. The maximum atomic E-state index is 2.40. The fraction of sp³-hybridized carbons (Fsp3) is 0.368. The lowest BCUT2D eigenvalue weighted by Crippen LogP contribution is -2.25. The van der Waals surface area contributed by atoms with Gasteiger partial charge in [0.25, 0.3) is 0 Å². The van der Waals surface area contributed by atoms with Gasteiger partial charge in [-0.05, 0) is 35.8 Å². The molecule has 0 spiro atoms. The topological polar surface area (TPSA) is 0 Å². The average Bonchev–Trinajstić information content (AvgIpc) is 2.78. The van der Waals surface area contributed by atoms with Gasteiger partial charge >= 0.3 is 0 Å². The molecule has 19 heavy (non-hydrogen) atoms. The maximum absolute atomic E-state index is 2.40. The fourth-order valence-corrected chi connectivity index (χ4v) is 3.72. The van der Waals surface area contributed by atoms with Gasteiger partial charge in [-0.25, -0.2) is 0 Å². The van der Waals surface area contributed by atoms with E-state index < -0.39 is 0 Å². The molecule has 0 radical (unpaired) electrons. The minimum atomic E-state index is 0.214. The first-order valence-electron chi connectivity index (χ1n) is 7.24. The molecule has 1 aliphatic rings.